The molecule has 144 valence electrons. The molecule has 2 fully saturated rings. The molecule has 4 rings (SSSR count). The second-order valence-electron chi connectivity index (χ2n) is 6.51. The number of nitrogens with zero attached hydrogens (tertiary/aromatic N) is 6. The minimum Gasteiger partial charge on any atom is -0.483 e. The minimum atomic E-state index is -0.250. The first-order chi connectivity index (χ1) is 13.0. The van der Waals surface area contributed by atoms with Crippen molar-refractivity contribution < 1.29 is 19.5 Å². The van der Waals surface area contributed by atoms with Gasteiger partial charge in [0.05, 0.1) is 5.92 Å². The van der Waals surface area contributed by atoms with E-state index < -0.39 is 0 Å². The molecular formula is C17H22N6O4. The highest BCUT2D eigenvalue weighted by molar-refractivity contribution is 5.89. The number of anilines is 1. The number of rotatable bonds is 2. The Balaban J connectivity index is 0.000000659. The van der Waals surface area contributed by atoms with Gasteiger partial charge >= 0.3 is 0 Å². The van der Waals surface area contributed by atoms with Crippen molar-refractivity contribution >= 4 is 29.8 Å². The molecule has 10 heteroatoms. The Labute approximate surface area is 156 Å². The third kappa shape index (κ3) is 3.99. The lowest BCUT2D eigenvalue weighted by atomic mass is 10.1. The van der Waals surface area contributed by atoms with E-state index in [1.54, 1.807) is 22.7 Å². The van der Waals surface area contributed by atoms with E-state index in [9.17, 15) is 9.59 Å². The summed E-state index contributed by atoms with van der Waals surface area (Å²) in [6.45, 7) is 3.11. The van der Waals surface area contributed by atoms with Gasteiger partial charge in [-0.1, -0.05) is 0 Å². The number of imidazole rings is 1. The van der Waals surface area contributed by atoms with Crippen LogP contribution in [-0.4, -0.2) is 87.6 Å². The number of aromatic nitrogens is 3. The highest BCUT2D eigenvalue weighted by Gasteiger charge is 2.35. The molecule has 0 aliphatic carbocycles. The molecular weight excluding hydrogens is 352 g/mol. The normalized spacial score (nSPS) is 19.8. The molecule has 2 amide bonds. The molecule has 2 aromatic rings. The van der Waals surface area contributed by atoms with Crippen LogP contribution in [0.4, 0.5) is 5.82 Å². The first kappa shape index (κ1) is 18.6. The van der Waals surface area contributed by atoms with Gasteiger partial charge in [0.25, 0.3) is 6.47 Å². The molecule has 0 saturated carbocycles. The zero-order valence-electron chi connectivity index (χ0n) is 15.1. The van der Waals surface area contributed by atoms with Gasteiger partial charge in [0.1, 0.15) is 5.82 Å². The molecule has 2 aliphatic rings. The molecule has 0 aromatic carbocycles. The highest BCUT2D eigenvalue weighted by Crippen LogP contribution is 2.20. The summed E-state index contributed by atoms with van der Waals surface area (Å²) in [6, 6.07) is 3.91. The molecule has 1 atom stereocenters. The van der Waals surface area contributed by atoms with Crippen molar-refractivity contribution in [3.8, 4) is 0 Å². The maximum atomic E-state index is 12.6. The molecule has 0 bridgehead atoms. The number of carboxylic acid groups (broad SMARTS) is 1. The van der Waals surface area contributed by atoms with E-state index in [4.69, 9.17) is 9.90 Å². The standard InChI is InChI=1S/C16H20N6O2.CH2O2/c1-19-11-12(10-15(19)23)16(24)21-8-6-20(7-9-21)14-3-2-13-17-4-5-22(13)18-14;2-1-3/h2-5,12H,6-11H2,1H3;1H,(H,2,3). The van der Waals surface area contributed by atoms with Crippen molar-refractivity contribution in [1.29, 1.82) is 0 Å². The van der Waals surface area contributed by atoms with E-state index in [1.807, 2.05) is 23.2 Å². The van der Waals surface area contributed by atoms with Gasteiger partial charge in [-0.05, 0) is 12.1 Å². The van der Waals surface area contributed by atoms with Crippen LogP contribution in [0.5, 0.6) is 0 Å². The van der Waals surface area contributed by atoms with Gasteiger partial charge < -0.3 is 19.8 Å². The van der Waals surface area contributed by atoms with E-state index in [0.717, 1.165) is 24.6 Å². The van der Waals surface area contributed by atoms with E-state index in [2.05, 4.69) is 15.0 Å². The second-order valence-corrected chi connectivity index (χ2v) is 6.51. The first-order valence-electron chi connectivity index (χ1n) is 8.69. The van der Waals surface area contributed by atoms with Crippen molar-refractivity contribution in [2.75, 3.05) is 44.7 Å². The number of fused-ring (bicyclic) bond motifs is 1. The summed E-state index contributed by atoms with van der Waals surface area (Å²) in [5, 5.41) is 11.4. The fraction of sp³-hybridized carbons (Fsp3) is 0.471. The fourth-order valence-corrected chi connectivity index (χ4v) is 3.42. The van der Waals surface area contributed by atoms with Gasteiger partial charge in [-0.25, -0.2) is 9.50 Å². The van der Waals surface area contributed by atoms with Gasteiger partial charge in [-0.2, -0.15) is 0 Å². The lowest BCUT2D eigenvalue weighted by molar-refractivity contribution is -0.136. The van der Waals surface area contributed by atoms with Crippen LogP contribution >= 0.6 is 0 Å². The number of likely N-dealkylation sites (tertiary alicyclic amines) is 1. The maximum absolute atomic E-state index is 12.6. The Kier molecular flexibility index (Phi) is 5.53. The predicted octanol–water partition coefficient (Wildman–Crippen LogP) is -0.443. The molecule has 1 unspecified atom stereocenters. The summed E-state index contributed by atoms with van der Waals surface area (Å²) in [4.78, 5) is 42.5. The van der Waals surface area contributed by atoms with Crippen LogP contribution in [0.1, 0.15) is 6.42 Å². The zero-order valence-corrected chi connectivity index (χ0v) is 15.1. The van der Waals surface area contributed by atoms with Crippen LogP contribution in [0.2, 0.25) is 0 Å². The summed E-state index contributed by atoms with van der Waals surface area (Å²) in [6.07, 6.45) is 3.89. The monoisotopic (exact) mass is 374 g/mol. The summed E-state index contributed by atoms with van der Waals surface area (Å²) in [5.74, 6) is 0.869. The molecule has 2 saturated heterocycles. The quantitative estimate of drug-likeness (QED) is 0.709. The predicted molar refractivity (Wildman–Crippen MR) is 96.2 cm³/mol. The SMILES string of the molecule is CN1CC(C(=O)N2CCN(c3ccc4nccn4n3)CC2)CC1=O.O=CO. The van der Waals surface area contributed by atoms with Gasteiger partial charge in [-0.15, -0.1) is 5.10 Å². The minimum absolute atomic E-state index is 0.0600. The second kappa shape index (κ2) is 8.02. The largest absolute Gasteiger partial charge is 0.483 e. The van der Waals surface area contributed by atoms with Crippen LogP contribution in [0.25, 0.3) is 5.65 Å². The average molecular weight is 374 g/mol. The van der Waals surface area contributed by atoms with Crippen LogP contribution in [0, 0.1) is 5.92 Å². The molecule has 0 spiro atoms. The molecule has 10 nitrogen and oxygen atoms in total. The summed E-state index contributed by atoms with van der Waals surface area (Å²) in [7, 11) is 1.76. The van der Waals surface area contributed by atoms with Gasteiger partial charge in [0.15, 0.2) is 5.65 Å². The van der Waals surface area contributed by atoms with E-state index in [1.165, 1.54) is 0 Å². The van der Waals surface area contributed by atoms with Gasteiger partial charge in [0.2, 0.25) is 11.8 Å². The summed E-state index contributed by atoms with van der Waals surface area (Å²) >= 11 is 0. The molecule has 2 aliphatic heterocycles. The molecule has 2 aromatic heterocycles. The molecule has 0 radical (unpaired) electrons. The third-order valence-corrected chi connectivity index (χ3v) is 4.85. The van der Waals surface area contributed by atoms with E-state index in [0.29, 0.717) is 26.1 Å². The summed E-state index contributed by atoms with van der Waals surface area (Å²) < 4.78 is 1.76. The first-order valence-corrected chi connectivity index (χ1v) is 8.69. The molecule has 27 heavy (non-hydrogen) atoms. The Morgan fingerprint density at radius 3 is 2.59 bits per heavy atom. The smallest absolute Gasteiger partial charge is 0.290 e. The topological polar surface area (TPSA) is 111 Å². The zero-order chi connectivity index (χ0) is 19.4. The van der Waals surface area contributed by atoms with Crippen LogP contribution in [-0.2, 0) is 14.4 Å². The number of piperazine rings is 1. The van der Waals surface area contributed by atoms with E-state index in [-0.39, 0.29) is 24.2 Å². The van der Waals surface area contributed by atoms with Crippen LogP contribution in [0.3, 0.4) is 0 Å². The Morgan fingerprint density at radius 2 is 1.96 bits per heavy atom. The van der Waals surface area contributed by atoms with Crippen molar-refractivity contribution in [3.63, 3.8) is 0 Å². The summed E-state index contributed by atoms with van der Waals surface area (Å²) in [5.41, 5.74) is 0.822. The van der Waals surface area contributed by atoms with Crippen LogP contribution in [0.15, 0.2) is 24.5 Å². The average Bonchev–Trinajstić information content (AvgIpc) is 3.28. The van der Waals surface area contributed by atoms with Crippen molar-refractivity contribution in [2.45, 2.75) is 6.42 Å². The number of hydrogen-bond acceptors (Lipinski definition) is 6. The van der Waals surface area contributed by atoms with Crippen molar-refractivity contribution in [1.82, 2.24) is 24.4 Å². The van der Waals surface area contributed by atoms with Crippen LogP contribution < -0.4 is 4.90 Å². The van der Waals surface area contributed by atoms with Crippen molar-refractivity contribution in [2.24, 2.45) is 5.92 Å². The van der Waals surface area contributed by atoms with Crippen molar-refractivity contribution in [3.05, 3.63) is 24.5 Å². The Bertz CT molecular complexity index is 830. The lowest BCUT2D eigenvalue weighted by Crippen LogP contribution is -2.51. The number of hydrogen-bond donors (Lipinski definition) is 1. The molecule has 4 heterocycles. The Morgan fingerprint density at radius 1 is 1.26 bits per heavy atom. The fourth-order valence-electron chi connectivity index (χ4n) is 3.42. The van der Waals surface area contributed by atoms with Gasteiger partial charge in [-0.3, -0.25) is 14.4 Å². The highest BCUT2D eigenvalue weighted by atomic mass is 16.3. The number of carbonyl (C=O) groups excluding carboxylic acids is 2. The Hall–Kier alpha value is -3.17. The lowest BCUT2D eigenvalue weighted by Gasteiger charge is -2.36. The van der Waals surface area contributed by atoms with Gasteiger partial charge in [0, 0.05) is 58.6 Å². The molecule has 1 N–H and O–H groups in total. The number of amides is 2. The number of carbonyl (C=O) groups is 3. The third-order valence-electron chi connectivity index (χ3n) is 4.85. The maximum Gasteiger partial charge on any atom is 0.290 e. The van der Waals surface area contributed by atoms with E-state index >= 15 is 0 Å².